The van der Waals surface area contributed by atoms with Gasteiger partial charge < -0.3 is 4.74 Å². The molecule has 2 heteroatoms. The summed E-state index contributed by atoms with van der Waals surface area (Å²) in [7, 11) is 1.70. The van der Waals surface area contributed by atoms with Gasteiger partial charge in [0.2, 0.25) is 0 Å². The van der Waals surface area contributed by atoms with Crippen LogP contribution in [0.4, 0.5) is 0 Å². The van der Waals surface area contributed by atoms with E-state index in [-0.39, 0.29) is 0 Å². The van der Waals surface area contributed by atoms with Crippen LogP contribution in [-0.2, 0) is 12.6 Å². The minimum absolute atomic E-state index is 0.979. The summed E-state index contributed by atoms with van der Waals surface area (Å²) in [5, 5.41) is 0. The van der Waals surface area contributed by atoms with Crippen LogP contribution in [0.2, 0.25) is 0 Å². The lowest BCUT2D eigenvalue weighted by Gasteiger charge is -2.06. The highest BCUT2D eigenvalue weighted by molar-refractivity contribution is 7.58. The number of benzene rings is 1. The van der Waals surface area contributed by atoms with E-state index >= 15 is 0 Å². The van der Waals surface area contributed by atoms with Crippen molar-refractivity contribution in [2.75, 3.05) is 7.11 Å². The molecule has 60 valence electrons. The molecule has 0 unspecified atom stereocenters. The van der Waals surface area contributed by atoms with Crippen molar-refractivity contribution in [3.8, 4) is 5.75 Å². The molecule has 0 N–H and O–H groups in total. The van der Waals surface area contributed by atoms with Crippen molar-refractivity contribution in [3.63, 3.8) is 0 Å². The van der Waals surface area contributed by atoms with Crippen molar-refractivity contribution in [1.82, 2.24) is 0 Å². The van der Waals surface area contributed by atoms with Gasteiger partial charge in [-0.1, -0.05) is 0 Å². The number of methoxy groups -OCH3 is 1. The smallest absolute Gasteiger partial charge is 0.151 e. The first-order valence-corrected chi connectivity index (χ1v) is 4.02. The largest absolute Gasteiger partial charge is 0.496 e. The van der Waals surface area contributed by atoms with Crippen molar-refractivity contribution in [2.24, 2.45) is 0 Å². The standard InChI is InChI=1S/C9H12OS/c1-6-4-8(11)5-7(2)9(6)10-3/h4-5,11H,1-3H3/p+1. The summed E-state index contributed by atoms with van der Waals surface area (Å²) in [6.45, 7) is 4.07. The number of aryl methyl sites for hydroxylation is 2. The fourth-order valence-electron chi connectivity index (χ4n) is 1.27. The van der Waals surface area contributed by atoms with Crippen LogP contribution in [0.15, 0.2) is 17.0 Å². The third kappa shape index (κ3) is 1.69. The zero-order chi connectivity index (χ0) is 8.43. The SMILES string of the molecule is COc1c(C)cc([SH2+])cc1C. The Balaban J connectivity index is 3.25. The van der Waals surface area contributed by atoms with Crippen molar-refractivity contribution >= 4 is 12.6 Å². The Bertz CT molecular complexity index is 245. The van der Waals surface area contributed by atoms with E-state index in [2.05, 4.69) is 12.6 Å². The van der Waals surface area contributed by atoms with Gasteiger partial charge in [0.1, 0.15) is 5.75 Å². The highest BCUT2D eigenvalue weighted by Crippen LogP contribution is 2.23. The molecule has 0 bridgehead atoms. The molecule has 1 rings (SSSR count). The van der Waals surface area contributed by atoms with E-state index in [0.717, 1.165) is 21.8 Å². The summed E-state index contributed by atoms with van der Waals surface area (Å²) >= 11 is 3.47. The highest BCUT2D eigenvalue weighted by Gasteiger charge is 2.04. The summed E-state index contributed by atoms with van der Waals surface area (Å²) < 4.78 is 5.21. The first kappa shape index (κ1) is 8.47. The Labute approximate surface area is 72.8 Å². The van der Waals surface area contributed by atoms with Crippen LogP contribution >= 0.6 is 0 Å². The average Bonchev–Trinajstić information content (AvgIpc) is 1.85. The molecule has 0 heterocycles. The maximum absolute atomic E-state index is 5.21. The van der Waals surface area contributed by atoms with Gasteiger partial charge >= 0.3 is 0 Å². The van der Waals surface area contributed by atoms with E-state index in [0.29, 0.717) is 0 Å². The summed E-state index contributed by atoms with van der Waals surface area (Å²) in [5.74, 6) is 0.979. The zero-order valence-electron chi connectivity index (χ0n) is 7.06. The zero-order valence-corrected chi connectivity index (χ0v) is 8.06. The van der Waals surface area contributed by atoms with Crippen LogP contribution in [-0.4, -0.2) is 7.11 Å². The van der Waals surface area contributed by atoms with Gasteiger partial charge in [0.05, 0.1) is 7.11 Å². The lowest BCUT2D eigenvalue weighted by molar-refractivity contribution is 0.408. The highest BCUT2D eigenvalue weighted by atomic mass is 32.1. The van der Waals surface area contributed by atoms with Gasteiger partial charge in [0.25, 0.3) is 0 Å². The van der Waals surface area contributed by atoms with Gasteiger partial charge in [-0.2, -0.15) is 0 Å². The number of hydrogen-bond donors (Lipinski definition) is 0. The maximum Gasteiger partial charge on any atom is 0.151 e. The lowest BCUT2D eigenvalue weighted by Crippen LogP contribution is -1.91. The van der Waals surface area contributed by atoms with Crippen LogP contribution < -0.4 is 4.74 Å². The van der Waals surface area contributed by atoms with E-state index in [1.54, 1.807) is 7.11 Å². The molecule has 0 amide bonds. The molecule has 0 fully saturated rings. The predicted molar refractivity (Wildman–Crippen MR) is 50.9 cm³/mol. The molecule has 0 aromatic heterocycles. The van der Waals surface area contributed by atoms with Crippen LogP contribution in [0.1, 0.15) is 11.1 Å². The van der Waals surface area contributed by atoms with Crippen molar-refractivity contribution in [1.29, 1.82) is 0 Å². The van der Waals surface area contributed by atoms with E-state index in [1.807, 2.05) is 26.0 Å². The molecular formula is C9H13OS+. The third-order valence-corrected chi connectivity index (χ3v) is 1.95. The summed E-state index contributed by atoms with van der Waals surface area (Å²) in [6.07, 6.45) is 0. The van der Waals surface area contributed by atoms with Gasteiger partial charge in [-0.05, 0) is 49.7 Å². The molecule has 0 aliphatic rings. The maximum atomic E-state index is 5.21. The summed E-state index contributed by atoms with van der Waals surface area (Å²) in [6, 6.07) is 4.09. The molecule has 0 spiro atoms. The van der Waals surface area contributed by atoms with Gasteiger partial charge in [-0.25, -0.2) is 0 Å². The molecule has 0 atom stereocenters. The summed E-state index contributed by atoms with van der Waals surface area (Å²) in [4.78, 5) is 1.10. The molecule has 1 aromatic rings. The first-order valence-electron chi connectivity index (χ1n) is 3.52. The monoisotopic (exact) mass is 169 g/mol. The van der Waals surface area contributed by atoms with Crippen LogP contribution in [0.25, 0.3) is 0 Å². The van der Waals surface area contributed by atoms with Gasteiger partial charge in [0, 0.05) is 0 Å². The Morgan fingerprint density at radius 1 is 1.18 bits per heavy atom. The number of ether oxygens (including phenoxy) is 1. The minimum Gasteiger partial charge on any atom is -0.496 e. The Morgan fingerprint density at radius 3 is 2.00 bits per heavy atom. The van der Waals surface area contributed by atoms with Crippen LogP contribution in [0, 0.1) is 13.8 Å². The van der Waals surface area contributed by atoms with Gasteiger partial charge in [-0.3, -0.25) is 0 Å². The van der Waals surface area contributed by atoms with E-state index < -0.39 is 0 Å². The second-order valence-electron chi connectivity index (χ2n) is 2.64. The van der Waals surface area contributed by atoms with E-state index in [9.17, 15) is 0 Å². The number of hydrogen-bond acceptors (Lipinski definition) is 1. The van der Waals surface area contributed by atoms with E-state index in [1.165, 1.54) is 0 Å². The van der Waals surface area contributed by atoms with Crippen LogP contribution in [0.5, 0.6) is 5.75 Å². The second-order valence-corrected chi connectivity index (χ2v) is 3.22. The molecule has 11 heavy (non-hydrogen) atoms. The topological polar surface area (TPSA) is 9.23 Å². The molecule has 0 aliphatic heterocycles. The van der Waals surface area contributed by atoms with Crippen molar-refractivity contribution < 1.29 is 4.74 Å². The normalized spacial score (nSPS) is 9.82. The third-order valence-electron chi connectivity index (χ3n) is 1.66. The van der Waals surface area contributed by atoms with Gasteiger partial charge in [0.15, 0.2) is 4.90 Å². The molecule has 0 radical (unpaired) electrons. The molecule has 1 aromatic carbocycles. The fraction of sp³-hybridized carbons (Fsp3) is 0.333. The summed E-state index contributed by atoms with van der Waals surface area (Å²) in [5.41, 5.74) is 2.33. The molecule has 0 saturated heterocycles. The fourth-order valence-corrected chi connectivity index (χ4v) is 1.71. The van der Waals surface area contributed by atoms with Crippen LogP contribution in [0.3, 0.4) is 0 Å². The Hall–Kier alpha value is -0.630. The molecule has 0 saturated carbocycles. The van der Waals surface area contributed by atoms with Crippen molar-refractivity contribution in [3.05, 3.63) is 23.3 Å². The first-order chi connectivity index (χ1) is 5.15. The predicted octanol–water partition coefficient (Wildman–Crippen LogP) is 1.68. The second kappa shape index (κ2) is 3.18. The number of rotatable bonds is 1. The quantitative estimate of drug-likeness (QED) is 0.581. The molecule has 1 nitrogen and oxygen atoms in total. The minimum atomic E-state index is 0.979. The average molecular weight is 169 g/mol. The lowest BCUT2D eigenvalue weighted by atomic mass is 10.1. The Morgan fingerprint density at radius 2 is 1.64 bits per heavy atom. The van der Waals surface area contributed by atoms with Gasteiger partial charge in [-0.15, -0.1) is 0 Å². The molecule has 0 aliphatic carbocycles. The Kier molecular flexibility index (Phi) is 2.45. The van der Waals surface area contributed by atoms with Crippen molar-refractivity contribution in [2.45, 2.75) is 18.7 Å². The molecular weight excluding hydrogens is 156 g/mol. The van der Waals surface area contributed by atoms with E-state index in [4.69, 9.17) is 4.74 Å².